The van der Waals surface area contributed by atoms with Crippen molar-refractivity contribution >= 4 is 23.2 Å². The number of carbonyl (C=O) groups excluding carboxylic acids is 2. The molecule has 1 aromatic heterocycles. The number of methoxy groups -OCH3 is 1. The molecule has 2 rings (SSSR count). The summed E-state index contributed by atoms with van der Waals surface area (Å²) in [5.41, 5.74) is 0.710. The van der Waals surface area contributed by atoms with Crippen molar-refractivity contribution in [2.75, 3.05) is 19.0 Å². The zero-order valence-electron chi connectivity index (χ0n) is 13.4. The lowest BCUT2D eigenvalue weighted by atomic mass is 10.2. The maximum atomic E-state index is 11.9. The number of nitro groups is 1. The van der Waals surface area contributed by atoms with Crippen LogP contribution in [0.15, 0.2) is 42.6 Å². The molecule has 0 radical (unpaired) electrons. The lowest BCUT2D eigenvalue weighted by Gasteiger charge is -2.07. The van der Waals surface area contributed by atoms with Gasteiger partial charge >= 0.3 is 0 Å². The van der Waals surface area contributed by atoms with Gasteiger partial charge in [0, 0.05) is 36.7 Å². The predicted octanol–water partition coefficient (Wildman–Crippen LogP) is 1.76. The molecule has 1 heterocycles. The zero-order chi connectivity index (χ0) is 18.2. The molecule has 9 heteroatoms. The molecule has 0 atom stereocenters. The van der Waals surface area contributed by atoms with Crippen molar-refractivity contribution in [1.29, 1.82) is 0 Å². The second-order valence-corrected chi connectivity index (χ2v) is 4.95. The number of nitrogens with one attached hydrogen (secondary N) is 2. The fourth-order valence-corrected chi connectivity index (χ4v) is 1.92. The molecule has 130 valence electrons. The monoisotopic (exact) mass is 344 g/mol. The summed E-state index contributed by atoms with van der Waals surface area (Å²) in [6.07, 6.45) is 1.54. The molecule has 2 aromatic rings. The van der Waals surface area contributed by atoms with Gasteiger partial charge in [-0.3, -0.25) is 19.7 Å². The molecule has 2 amide bonds. The molecule has 0 aliphatic rings. The Bertz CT molecular complexity index is 759. The largest absolute Gasteiger partial charge is 0.481 e. The molecular formula is C16H16N4O5. The molecule has 1 aromatic carbocycles. The highest BCUT2D eigenvalue weighted by molar-refractivity contribution is 5.95. The van der Waals surface area contributed by atoms with Crippen LogP contribution >= 0.6 is 0 Å². The molecule has 0 bridgehead atoms. The van der Waals surface area contributed by atoms with E-state index >= 15 is 0 Å². The Hall–Kier alpha value is -3.49. The molecule has 0 spiro atoms. The number of hydrogen-bond acceptors (Lipinski definition) is 6. The number of carbonyl (C=O) groups is 2. The minimum absolute atomic E-state index is 0.0742. The summed E-state index contributed by atoms with van der Waals surface area (Å²) in [6, 6.07) is 8.48. The van der Waals surface area contributed by atoms with Crippen LogP contribution in [-0.2, 0) is 4.79 Å². The highest BCUT2D eigenvalue weighted by Gasteiger charge is 2.10. The van der Waals surface area contributed by atoms with Gasteiger partial charge in [-0.2, -0.15) is 0 Å². The third-order valence-electron chi connectivity index (χ3n) is 3.21. The van der Waals surface area contributed by atoms with Gasteiger partial charge in [0.05, 0.1) is 23.9 Å². The van der Waals surface area contributed by atoms with Gasteiger partial charge in [0.15, 0.2) is 0 Å². The number of pyridine rings is 1. The van der Waals surface area contributed by atoms with E-state index in [-0.39, 0.29) is 30.1 Å². The van der Waals surface area contributed by atoms with Crippen LogP contribution in [0, 0.1) is 10.1 Å². The van der Waals surface area contributed by atoms with Crippen molar-refractivity contribution in [3.8, 4) is 5.88 Å². The third kappa shape index (κ3) is 5.27. The van der Waals surface area contributed by atoms with Gasteiger partial charge in [0.1, 0.15) is 0 Å². The van der Waals surface area contributed by atoms with Gasteiger partial charge in [-0.1, -0.05) is 0 Å². The first-order valence-electron chi connectivity index (χ1n) is 7.32. The first kappa shape index (κ1) is 17.9. The number of non-ortho nitro benzene ring substituents is 1. The number of nitro benzene ring substituents is 1. The summed E-state index contributed by atoms with van der Waals surface area (Å²) in [6.45, 7) is 0.130. The van der Waals surface area contributed by atoms with E-state index in [9.17, 15) is 19.7 Å². The van der Waals surface area contributed by atoms with Crippen LogP contribution < -0.4 is 15.4 Å². The Morgan fingerprint density at radius 1 is 1.20 bits per heavy atom. The van der Waals surface area contributed by atoms with Crippen LogP contribution in [0.5, 0.6) is 5.88 Å². The summed E-state index contributed by atoms with van der Waals surface area (Å²) >= 11 is 0. The smallest absolute Gasteiger partial charge is 0.269 e. The number of hydrogen-bond donors (Lipinski definition) is 2. The lowest BCUT2D eigenvalue weighted by Crippen LogP contribution is -2.27. The Kier molecular flexibility index (Phi) is 5.99. The summed E-state index contributed by atoms with van der Waals surface area (Å²) in [5.74, 6) is -0.252. The highest BCUT2D eigenvalue weighted by atomic mass is 16.6. The second kappa shape index (κ2) is 8.39. The van der Waals surface area contributed by atoms with Crippen molar-refractivity contribution < 1.29 is 19.2 Å². The van der Waals surface area contributed by atoms with Gasteiger partial charge < -0.3 is 15.4 Å². The van der Waals surface area contributed by atoms with Crippen molar-refractivity contribution in [2.24, 2.45) is 0 Å². The molecule has 0 saturated carbocycles. The lowest BCUT2D eigenvalue weighted by molar-refractivity contribution is -0.384. The average molecular weight is 344 g/mol. The molecule has 0 unspecified atom stereocenters. The maximum absolute atomic E-state index is 11.9. The highest BCUT2D eigenvalue weighted by Crippen LogP contribution is 2.12. The third-order valence-corrected chi connectivity index (χ3v) is 3.21. The molecule has 0 aliphatic carbocycles. The summed E-state index contributed by atoms with van der Waals surface area (Å²) in [7, 11) is 1.49. The second-order valence-electron chi connectivity index (χ2n) is 4.95. The number of nitrogens with zero attached hydrogens (tertiary/aromatic N) is 2. The van der Waals surface area contributed by atoms with E-state index in [2.05, 4.69) is 15.6 Å². The minimum atomic E-state index is -0.542. The molecule has 0 fully saturated rings. The van der Waals surface area contributed by atoms with Gasteiger partial charge in [0.2, 0.25) is 11.8 Å². The number of ether oxygens (including phenoxy) is 1. The Balaban J connectivity index is 1.77. The first-order chi connectivity index (χ1) is 12.0. The summed E-state index contributed by atoms with van der Waals surface area (Å²) < 4.78 is 4.92. The quantitative estimate of drug-likeness (QED) is 0.582. The van der Waals surface area contributed by atoms with E-state index in [0.29, 0.717) is 11.6 Å². The van der Waals surface area contributed by atoms with Crippen LogP contribution in [0.4, 0.5) is 11.4 Å². The normalized spacial score (nSPS) is 9.96. The maximum Gasteiger partial charge on any atom is 0.269 e. The zero-order valence-corrected chi connectivity index (χ0v) is 13.4. The van der Waals surface area contributed by atoms with Crippen LogP contribution in [0.25, 0.3) is 0 Å². The number of rotatable bonds is 7. The predicted molar refractivity (Wildman–Crippen MR) is 89.5 cm³/mol. The fourth-order valence-electron chi connectivity index (χ4n) is 1.92. The van der Waals surface area contributed by atoms with Crippen LogP contribution in [-0.4, -0.2) is 35.4 Å². The van der Waals surface area contributed by atoms with E-state index in [1.165, 1.54) is 37.6 Å². The summed E-state index contributed by atoms with van der Waals surface area (Å²) in [5, 5.41) is 15.8. The minimum Gasteiger partial charge on any atom is -0.481 e. The van der Waals surface area contributed by atoms with Gasteiger partial charge in [0.25, 0.3) is 11.6 Å². The number of anilines is 1. The van der Waals surface area contributed by atoms with Crippen LogP contribution in [0.3, 0.4) is 0 Å². The van der Waals surface area contributed by atoms with E-state index in [1.54, 1.807) is 12.1 Å². The van der Waals surface area contributed by atoms with E-state index in [0.717, 1.165) is 0 Å². The summed E-state index contributed by atoms with van der Waals surface area (Å²) in [4.78, 5) is 37.7. The average Bonchev–Trinajstić information content (AvgIpc) is 2.62. The number of aromatic nitrogens is 1. The SMILES string of the molecule is COc1ccc(NC(=O)CCNC(=O)c2ccc([N+](=O)[O-])cc2)cn1. The Morgan fingerprint density at radius 2 is 1.92 bits per heavy atom. The standard InChI is InChI=1S/C16H16N4O5/c1-25-15-7-4-12(10-18-15)19-14(21)8-9-17-16(22)11-2-5-13(6-3-11)20(23)24/h2-7,10H,8-9H2,1H3,(H,17,22)(H,19,21). The first-order valence-corrected chi connectivity index (χ1v) is 7.32. The van der Waals surface area contributed by atoms with E-state index < -0.39 is 10.8 Å². The van der Waals surface area contributed by atoms with Crippen molar-refractivity contribution in [3.63, 3.8) is 0 Å². The number of amides is 2. The van der Waals surface area contributed by atoms with Crippen molar-refractivity contribution in [3.05, 3.63) is 58.3 Å². The molecule has 2 N–H and O–H groups in total. The van der Waals surface area contributed by atoms with E-state index in [1.807, 2.05) is 0 Å². The van der Waals surface area contributed by atoms with Crippen LogP contribution in [0.2, 0.25) is 0 Å². The topological polar surface area (TPSA) is 123 Å². The van der Waals surface area contributed by atoms with Crippen molar-refractivity contribution in [2.45, 2.75) is 6.42 Å². The molecular weight excluding hydrogens is 328 g/mol. The van der Waals surface area contributed by atoms with Gasteiger partial charge in [-0.05, 0) is 18.2 Å². The molecule has 25 heavy (non-hydrogen) atoms. The Morgan fingerprint density at radius 3 is 2.48 bits per heavy atom. The van der Waals surface area contributed by atoms with Crippen molar-refractivity contribution in [1.82, 2.24) is 10.3 Å². The molecule has 0 aliphatic heterocycles. The number of benzene rings is 1. The van der Waals surface area contributed by atoms with Gasteiger partial charge in [-0.15, -0.1) is 0 Å². The van der Waals surface area contributed by atoms with Crippen LogP contribution in [0.1, 0.15) is 16.8 Å². The Labute approximate surface area is 143 Å². The van der Waals surface area contributed by atoms with E-state index in [4.69, 9.17) is 4.74 Å². The fraction of sp³-hybridized carbons (Fsp3) is 0.188. The molecule has 9 nitrogen and oxygen atoms in total. The van der Waals surface area contributed by atoms with Gasteiger partial charge in [-0.25, -0.2) is 4.98 Å². The molecule has 0 saturated heterocycles.